The quantitative estimate of drug-likeness (QED) is 0.750. The molecule has 1 aliphatic rings. The van der Waals surface area contributed by atoms with Crippen LogP contribution in [0, 0.1) is 0 Å². The lowest BCUT2D eigenvalue weighted by atomic mass is 10.3. The second-order valence-electron chi connectivity index (χ2n) is 4.09. The monoisotopic (exact) mass is 234 g/mol. The van der Waals surface area contributed by atoms with Crippen molar-refractivity contribution in [3.05, 3.63) is 29.2 Å². The fraction of sp³-hybridized carbons (Fsp3) is 0.364. The van der Waals surface area contributed by atoms with Crippen LogP contribution in [0.3, 0.4) is 0 Å². The Bertz CT molecular complexity index is 531. The molecular weight excluding hydrogens is 224 g/mol. The lowest BCUT2D eigenvalue weighted by Gasteiger charge is -2.01. The minimum Gasteiger partial charge on any atom is -0.275 e. The fourth-order valence-electron chi connectivity index (χ4n) is 1.67. The lowest BCUT2D eigenvalue weighted by Crippen LogP contribution is -1.96. The summed E-state index contributed by atoms with van der Waals surface area (Å²) in [6.45, 7) is 0. The Morgan fingerprint density at radius 3 is 2.81 bits per heavy atom. The molecule has 1 fully saturated rings. The van der Waals surface area contributed by atoms with E-state index < -0.39 is 0 Å². The first-order valence-corrected chi connectivity index (χ1v) is 5.64. The molecule has 1 aliphatic carbocycles. The van der Waals surface area contributed by atoms with Crippen molar-refractivity contribution in [2.75, 3.05) is 0 Å². The Hall–Kier alpha value is -1.42. The second-order valence-corrected chi connectivity index (χ2v) is 4.48. The Kier molecular flexibility index (Phi) is 2.17. The summed E-state index contributed by atoms with van der Waals surface area (Å²) in [7, 11) is 1.87. The van der Waals surface area contributed by atoms with Crippen molar-refractivity contribution >= 4 is 11.6 Å². The van der Waals surface area contributed by atoms with Crippen LogP contribution in [0.1, 0.15) is 24.5 Å². The summed E-state index contributed by atoms with van der Waals surface area (Å²) in [6.07, 6.45) is 4.28. The lowest BCUT2D eigenvalue weighted by molar-refractivity contribution is 0.768. The van der Waals surface area contributed by atoms with Gasteiger partial charge in [-0.05, 0) is 25.0 Å². The predicted molar refractivity (Wildman–Crippen MR) is 61.2 cm³/mol. The van der Waals surface area contributed by atoms with Crippen LogP contribution in [0.25, 0.3) is 11.5 Å². The van der Waals surface area contributed by atoms with Crippen LogP contribution in [0.5, 0.6) is 0 Å². The summed E-state index contributed by atoms with van der Waals surface area (Å²) in [6, 6.07) is 3.74. The van der Waals surface area contributed by atoms with Crippen molar-refractivity contribution in [3.8, 4) is 11.5 Å². The molecular formula is C11H11ClN4. The van der Waals surface area contributed by atoms with Crippen LogP contribution in [-0.4, -0.2) is 19.7 Å². The van der Waals surface area contributed by atoms with E-state index in [2.05, 4.69) is 15.1 Å². The maximum atomic E-state index is 5.99. The molecule has 5 heteroatoms. The topological polar surface area (TPSA) is 43.6 Å². The van der Waals surface area contributed by atoms with E-state index in [-0.39, 0.29) is 0 Å². The zero-order valence-corrected chi connectivity index (χ0v) is 9.65. The van der Waals surface area contributed by atoms with Gasteiger partial charge in [0, 0.05) is 24.9 Å². The molecule has 0 aromatic carbocycles. The maximum absolute atomic E-state index is 5.99. The molecule has 0 spiro atoms. The van der Waals surface area contributed by atoms with Gasteiger partial charge in [0.25, 0.3) is 0 Å². The average molecular weight is 235 g/mol. The third kappa shape index (κ3) is 1.80. The van der Waals surface area contributed by atoms with E-state index >= 15 is 0 Å². The van der Waals surface area contributed by atoms with Crippen LogP contribution in [0.2, 0.25) is 5.15 Å². The summed E-state index contributed by atoms with van der Waals surface area (Å²) < 4.78 is 1.73. The summed E-state index contributed by atoms with van der Waals surface area (Å²) in [5.74, 6) is 1.19. The number of aromatic nitrogens is 4. The first kappa shape index (κ1) is 9.78. The zero-order chi connectivity index (χ0) is 11.1. The zero-order valence-electron chi connectivity index (χ0n) is 8.89. The summed E-state index contributed by atoms with van der Waals surface area (Å²) in [4.78, 5) is 8.71. The van der Waals surface area contributed by atoms with Gasteiger partial charge in [-0.15, -0.1) is 0 Å². The van der Waals surface area contributed by atoms with E-state index in [0.717, 1.165) is 11.4 Å². The minimum absolute atomic E-state index is 0.498. The average Bonchev–Trinajstić information content (AvgIpc) is 3.01. The highest BCUT2D eigenvalue weighted by Gasteiger charge is 2.26. The molecule has 2 aromatic heterocycles. The predicted octanol–water partition coefficient (Wildman–Crippen LogP) is 2.41. The molecule has 1 saturated carbocycles. The van der Waals surface area contributed by atoms with Gasteiger partial charge in [0.15, 0.2) is 5.82 Å². The van der Waals surface area contributed by atoms with Crippen molar-refractivity contribution in [1.29, 1.82) is 0 Å². The van der Waals surface area contributed by atoms with Crippen molar-refractivity contribution in [2.24, 2.45) is 7.05 Å². The molecule has 0 radical (unpaired) electrons. The van der Waals surface area contributed by atoms with E-state index in [0.29, 0.717) is 16.9 Å². The first-order valence-electron chi connectivity index (χ1n) is 5.27. The van der Waals surface area contributed by atoms with E-state index in [1.165, 1.54) is 12.8 Å². The van der Waals surface area contributed by atoms with Crippen molar-refractivity contribution in [1.82, 2.24) is 19.7 Å². The standard InChI is InChI=1S/C11H11ClN4/c1-16-5-4-8(15-16)11-13-9(7-2-3-7)6-10(12)14-11/h4-7H,2-3H2,1H3. The minimum atomic E-state index is 0.498. The van der Waals surface area contributed by atoms with Gasteiger partial charge >= 0.3 is 0 Å². The molecule has 2 aromatic rings. The normalized spacial score (nSPS) is 15.4. The Morgan fingerprint density at radius 1 is 1.38 bits per heavy atom. The number of hydrogen-bond donors (Lipinski definition) is 0. The van der Waals surface area contributed by atoms with Gasteiger partial charge in [0.1, 0.15) is 10.8 Å². The van der Waals surface area contributed by atoms with E-state index in [4.69, 9.17) is 11.6 Å². The van der Waals surface area contributed by atoms with Crippen LogP contribution in [0.15, 0.2) is 18.3 Å². The summed E-state index contributed by atoms with van der Waals surface area (Å²) >= 11 is 5.99. The van der Waals surface area contributed by atoms with Crippen LogP contribution < -0.4 is 0 Å². The number of halogens is 1. The number of hydrogen-bond acceptors (Lipinski definition) is 3. The highest BCUT2D eigenvalue weighted by atomic mass is 35.5. The third-order valence-corrected chi connectivity index (χ3v) is 2.85. The molecule has 4 nitrogen and oxygen atoms in total. The van der Waals surface area contributed by atoms with Crippen LogP contribution in [-0.2, 0) is 7.05 Å². The highest BCUT2D eigenvalue weighted by Crippen LogP contribution is 2.39. The Balaban J connectivity index is 2.06. The van der Waals surface area contributed by atoms with Crippen LogP contribution in [0.4, 0.5) is 0 Å². The van der Waals surface area contributed by atoms with Gasteiger partial charge < -0.3 is 0 Å². The molecule has 0 bridgehead atoms. The second kappa shape index (κ2) is 3.56. The summed E-state index contributed by atoms with van der Waals surface area (Å²) in [5.41, 5.74) is 1.81. The van der Waals surface area contributed by atoms with Gasteiger partial charge in [-0.25, -0.2) is 9.97 Å². The van der Waals surface area contributed by atoms with E-state index in [1.54, 1.807) is 4.68 Å². The van der Waals surface area contributed by atoms with Gasteiger partial charge in [0.05, 0.1) is 0 Å². The molecule has 0 atom stereocenters. The number of aryl methyl sites for hydroxylation is 1. The van der Waals surface area contributed by atoms with Crippen LogP contribution >= 0.6 is 11.6 Å². The molecule has 0 N–H and O–H groups in total. The first-order chi connectivity index (χ1) is 7.72. The molecule has 0 unspecified atom stereocenters. The largest absolute Gasteiger partial charge is 0.275 e. The van der Waals surface area contributed by atoms with Crippen molar-refractivity contribution < 1.29 is 0 Å². The van der Waals surface area contributed by atoms with Crippen molar-refractivity contribution in [2.45, 2.75) is 18.8 Å². The van der Waals surface area contributed by atoms with Gasteiger partial charge in [0.2, 0.25) is 0 Å². The molecule has 0 saturated heterocycles. The smallest absolute Gasteiger partial charge is 0.181 e. The van der Waals surface area contributed by atoms with E-state index in [1.807, 2.05) is 25.4 Å². The van der Waals surface area contributed by atoms with Gasteiger partial charge in [-0.3, -0.25) is 4.68 Å². The SMILES string of the molecule is Cn1ccc(-c2nc(Cl)cc(C3CC3)n2)n1. The van der Waals surface area contributed by atoms with Crippen molar-refractivity contribution in [3.63, 3.8) is 0 Å². The summed E-state index contributed by atoms with van der Waals surface area (Å²) in [5, 5.41) is 4.77. The number of nitrogens with zero attached hydrogens (tertiary/aromatic N) is 4. The number of rotatable bonds is 2. The molecule has 0 aliphatic heterocycles. The third-order valence-electron chi connectivity index (χ3n) is 2.65. The van der Waals surface area contributed by atoms with Gasteiger partial charge in [-0.2, -0.15) is 5.10 Å². The molecule has 2 heterocycles. The molecule has 82 valence electrons. The maximum Gasteiger partial charge on any atom is 0.181 e. The molecule has 16 heavy (non-hydrogen) atoms. The Morgan fingerprint density at radius 2 is 2.19 bits per heavy atom. The highest BCUT2D eigenvalue weighted by molar-refractivity contribution is 6.29. The van der Waals surface area contributed by atoms with Gasteiger partial charge in [-0.1, -0.05) is 11.6 Å². The molecule has 3 rings (SSSR count). The Labute approximate surface area is 98.3 Å². The van der Waals surface area contributed by atoms with E-state index in [9.17, 15) is 0 Å². The molecule has 0 amide bonds. The fourth-order valence-corrected chi connectivity index (χ4v) is 1.86.